The van der Waals surface area contributed by atoms with Crippen LogP contribution in [-0.2, 0) is 6.42 Å². The lowest BCUT2D eigenvalue weighted by Gasteiger charge is -2.29. The zero-order valence-corrected chi connectivity index (χ0v) is 25.6. The second-order valence-electron chi connectivity index (χ2n) is 12.5. The quantitative estimate of drug-likeness (QED) is 0.234. The largest absolute Gasteiger partial charge is 0.451 e. The third-order valence-electron chi connectivity index (χ3n) is 9.33. The van der Waals surface area contributed by atoms with Gasteiger partial charge in [-0.25, -0.2) is 14.4 Å². The van der Waals surface area contributed by atoms with Gasteiger partial charge in [-0.3, -0.25) is 0 Å². The van der Waals surface area contributed by atoms with E-state index in [1.165, 1.54) is 17.7 Å². The van der Waals surface area contributed by atoms with Gasteiger partial charge in [0.25, 0.3) is 0 Å². The molecule has 1 spiro atoms. The molecule has 2 unspecified atom stereocenters. The van der Waals surface area contributed by atoms with E-state index in [9.17, 15) is 9.65 Å². The van der Waals surface area contributed by atoms with Crippen molar-refractivity contribution < 1.29 is 9.13 Å². The van der Waals surface area contributed by atoms with Crippen LogP contribution in [-0.4, -0.2) is 28.6 Å². The van der Waals surface area contributed by atoms with E-state index < -0.39 is 0 Å². The first-order chi connectivity index (χ1) is 21.4. The highest BCUT2D eigenvalue weighted by Gasteiger charge is 2.49. The van der Waals surface area contributed by atoms with Gasteiger partial charge < -0.3 is 15.4 Å². The summed E-state index contributed by atoms with van der Waals surface area (Å²) in [4.78, 5) is 11.2. The Morgan fingerprint density at radius 1 is 1.00 bits per heavy atom. The minimum absolute atomic E-state index is 0.147. The Hall–Kier alpha value is -4.28. The zero-order valence-electron chi connectivity index (χ0n) is 25.6. The molecule has 2 saturated carbocycles. The molecule has 4 aromatic rings. The molecule has 7 heteroatoms. The summed E-state index contributed by atoms with van der Waals surface area (Å²) >= 11 is 0. The molecule has 0 radical (unpaired) electrons. The Morgan fingerprint density at radius 2 is 1.82 bits per heavy atom. The molecule has 44 heavy (non-hydrogen) atoms. The molecular weight excluding hydrogens is 549 g/mol. The lowest BCUT2D eigenvalue weighted by molar-refractivity contribution is 0.304. The lowest BCUT2D eigenvalue weighted by atomic mass is 9.81. The first-order valence-corrected chi connectivity index (χ1v) is 15.8. The number of hydrogen-bond donors (Lipinski definition) is 1. The molecule has 2 heterocycles. The maximum atomic E-state index is 14.6. The maximum absolute atomic E-state index is 14.6. The third kappa shape index (κ3) is 6.18. The highest BCUT2D eigenvalue weighted by molar-refractivity contribution is 5.76. The van der Waals surface area contributed by atoms with Gasteiger partial charge in [0, 0.05) is 24.2 Å². The Labute approximate surface area is 259 Å². The van der Waals surface area contributed by atoms with E-state index in [2.05, 4.69) is 45.2 Å². The lowest BCUT2D eigenvalue weighted by Crippen LogP contribution is -2.41. The summed E-state index contributed by atoms with van der Waals surface area (Å²) in [5, 5.41) is 9.46. The van der Waals surface area contributed by atoms with Crippen molar-refractivity contribution in [3.05, 3.63) is 102 Å². The van der Waals surface area contributed by atoms with Crippen molar-refractivity contribution in [2.75, 3.05) is 18.0 Å². The van der Waals surface area contributed by atoms with Crippen molar-refractivity contribution in [2.24, 2.45) is 11.1 Å². The number of benzene rings is 3. The number of halogens is 1. The van der Waals surface area contributed by atoms with Crippen LogP contribution < -0.4 is 15.4 Å². The summed E-state index contributed by atoms with van der Waals surface area (Å²) in [7, 11) is 0. The Kier molecular flexibility index (Phi) is 8.38. The normalized spacial score (nSPS) is 22.4. The van der Waals surface area contributed by atoms with Crippen molar-refractivity contribution in [1.29, 1.82) is 5.26 Å². The smallest absolute Gasteiger partial charge is 0.188 e. The van der Waals surface area contributed by atoms with Gasteiger partial charge in [-0.05, 0) is 103 Å². The molecule has 1 saturated heterocycles. The van der Waals surface area contributed by atoms with E-state index >= 15 is 0 Å². The highest BCUT2D eigenvalue weighted by Crippen LogP contribution is 2.52. The molecule has 2 N–H and O–H groups in total. The van der Waals surface area contributed by atoms with E-state index in [-0.39, 0.29) is 16.8 Å². The van der Waals surface area contributed by atoms with Gasteiger partial charge in [0.2, 0.25) is 0 Å². The Morgan fingerprint density at radius 3 is 2.59 bits per heavy atom. The van der Waals surface area contributed by atoms with Crippen LogP contribution in [0.2, 0.25) is 0 Å². The van der Waals surface area contributed by atoms with E-state index in [1.54, 1.807) is 24.7 Å². The number of aromatic nitrogens is 2. The molecule has 7 rings (SSSR count). The maximum Gasteiger partial charge on any atom is 0.188 e. The summed E-state index contributed by atoms with van der Waals surface area (Å²) in [5.41, 5.74) is 11.5. The summed E-state index contributed by atoms with van der Waals surface area (Å²) in [6, 6.07) is 23.0. The number of nitriles is 1. The topological polar surface area (TPSA) is 88.1 Å². The van der Waals surface area contributed by atoms with Gasteiger partial charge in [0.15, 0.2) is 11.6 Å². The van der Waals surface area contributed by atoms with Gasteiger partial charge in [0.05, 0.1) is 17.8 Å². The molecular formula is C37H40FN5O. The van der Waals surface area contributed by atoms with Crippen LogP contribution in [0, 0.1) is 22.6 Å². The summed E-state index contributed by atoms with van der Waals surface area (Å²) in [5.74, 6) is 1.88. The standard InChI is InChI=1S/C35H34FN5O.C2H6/c36-27-9-11-31(30(17-27)28-10-6-25(19-37)16-29(28)26-7-8-26)42-32-20-39-23-40-33(32)41-15-14-34(22-41)12-13-35(38,21-34)18-24-4-2-1-3-5-24;1-2/h1-6,9-11,16-17,20,23,26H,7-8,12-15,18,21-22,38H2;1-2H3. The van der Waals surface area contributed by atoms with Gasteiger partial charge in [-0.2, -0.15) is 5.26 Å². The van der Waals surface area contributed by atoms with Crippen molar-refractivity contribution in [3.8, 4) is 28.7 Å². The van der Waals surface area contributed by atoms with E-state index in [4.69, 9.17) is 10.5 Å². The number of anilines is 1. The van der Waals surface area contributed by atoms with E-state index in [1.807, 2.05) is 32.0 Å². The van der Waals surface area contributed by atoms with Gasteiger partial charge >= 0.3 is 0 Å². The first kappa shape index (κ1) is 29.8. The average Bonchev–Trinajstić information content (AvgIpc) is 3.75. The Bertz CT molecular complexity index is 1670. The molecule has 226 valence electrons. The van der Waals surface area contributed by atoms with E-state index in [0.29, 0.717) is 28.5 Å². The fraction of sp³-hybridized carbons (Fsp3) is 0.378. The van der Waals surface area contributed by atoms with Crippen LogP contribution in [0.25, 0.3) is 11.1 Å². The minimum atomic E-state index is -0.337. The van der Waals surface area contributed by atoms with Crippen molar-refractivity contribution in [1.82, 2.24) is 9.97 Å². The number of rotatable bonds is 7. The van der Waals surface area contributed by atoms with E-state index in [0.717, 1.165) is 75.0 Å². The van der Waals surface area contributed by atoms with Crippen LogP contribution >= 0.6 is 0 Å². The fourth-order valence-electron chi connectivity index (χ4n) is 7.20. The van der Waals surface area contributed by atoms with Crippen molar-refractivity contribution >= 4 is 5.82 Å². The molecule has 3 aromatic carbocycles. The fourth-order valence-corrected chi connectivity index (χ4v) is 7.20. The monoisotopic (exact) mass is 589 g/mol. The third-order valence-corrected chi connectivity index (χ3v) is 9.33. The van der Waals surface area contributed by atoms with Crippen LogP contribution in [0.5, 0.6) is 11.5 Å². The van der Waals surface area contributed by atoms with Crippen molar-refractivity contribution in [3.63, 3.8) is 0 Å². The summed E-state index contributed by atoms with van der Waals surface area (Å²) < 4.78 is 21.1. The molecule has 2 aliphatic carbocycles. The van der Waals surface area contributed by atoms with Crippen LogP contribution in [0.1, 0.15) is 75.0 Å². The van der Waals surface area contributed by atoms with Gasteiger partial charge in [-0.15, -0.1) is 0 Å². The zero-order chi connectivity index (χ0) is 30.7. The Balaban J connectivity index is 0.00000168. The van der Waals surface area contributed by atoms with Gasteiger partial charge in [0.1, 0.15) is 17.9 Å². The molecule has 0 bridgehead atoms. The molecule has 6 nitrogen and oxygen atoms in total. The second kappa shape index (κ2) is 12.4. The van der Waals surface area contributed by atoms with Crippen LogP contribution in [0.3, 0.4) is 0 Å². The predicted molar refractivity (Wildman–Crippen MR) is 172 cm³/mol. The van der Waals surface area contributed by atoms with Crippen LogP contribution in [0.15, 0.2) is 79.3 Å². The molecule has 3 aliphatic rings. The molecule has 2 atom stereocenters. The minimum Gasteiger partial charge on any atom is -0.451 e. The average molecular weight is 590 g/mol. The SMILES string of the molecule is CC.N#Cc1ccc(-c2cc(F)ccc2Oc2cncnc2N2CCC3(CCC(N)(Cc4ccccc4)C3)C2)c(C2CC2)c1. The van der Waals surface area contributed by atoms with Crippen molar-refractivity contribution in [2.45, 2.75) is 70.3 Å². The summed E-state index contributed by atoms with van der Waals surface area (Å²) in [6.45, 7) is 5.73. The molecule has 1 aliphatic heterocycles. The molecule has 0 amide bonds. The first-order valence-electron chi connectivity index (χ1n) is 15.8. The molecule has 1 aromatic heterocycles. The number of nitrogens with two attached hydrogens (primary N) is 1. The number of nitrogens with zero attached hydrogens (tertiary/aromatic N) is 4. The highest BCUT2D eigenvalue weighted by atomic mass is 19.1. The second-order valence-corrected chi connectivity index (χ2v) is 12.5. The number of hydrogen-bond acceptors (Lipinski definition) is 6. The van der Waals surface area contributed by atoms with Crippen LogP contribution in [0.4, 0.5) is 10.2 Å². The summed E-state index contributed by atoms with van der Waals surface area (Å²) in [6.07, 6.45) is 10.4. The number of ether oxygens (including phenoxy) is 1. The predicted octanol–water partition coefficient (Wildman–Crippen LogP) is 8.17. The molecule has 3 fully saturated rings. The van der Waals surface area contributed by atoms with Gasteiger partial charge in [-0.1, -0.05) is 50.2 Å².